The highest BCUT2D eigenvalue weighted by Gasteiger charge is 2.21. The molecule has 4 heteroatoms. The first kappa shape index (κ1) is 13.6. The summed E-state index contributed by atoms with van der Waals surface area (Å²) in [6.45, 7) is 2.27. The van der Waals surface area contributed by atoms with Crippen LogP contribution >= 0.6 is 23.8 Å². The Labute approximate surface area is 118 Å². The van der Waals surface area contributed by atoms with E-state index in [0.29, 0.717) is 10.0 Å². The molecule has 1 saturated carbocycles. The molecule has 0 amide bonds. The Balaban J connectivity index is 2.15. The fourth-order valence-corrected chi connectivity index (χ4v) is 2.79. The van der Waals surface area contributed by atoms with Crippen molar-refractivity contribution in [2.75, 3.05) is 0 Å². The van der Waals surface area contributed by atoms with Gasteiger partial charge in [0.2, 0.25) is 0 Å². The van der Waals surface area contributed by atoms with Crippen LogP contribution in [-0.2, 0) is 0 Å². The van der Waals surface area contributed by atoms with Crippen LogP contribution in [0.4, 0.5) is 0 Å². The third-order valence-electron chi connectivity index (χ3n) is 3.39. The first-order chi connectivity index (χ1) is 8.56. The highest BCUT2D eigenvalue weighted by molar-refractivity contribution is 7.80. The second-order valence-electron chi connectivity index (χ2n) is 5.02. The molecular formula is C14H18ClNOS. The highest BCUT2D eigenvalue weighted by Crippen LogP contribution is 2.30. The normalized spacial score (nSPS) is 23.7. The van der Waals surface area contributed by atoms with Crippen molar-refractivity contribution < 1.29 is 4.74 Å². The molecule has 1 aromatic carbocycles. The average molecular weight is 284 g/mol. The Morgan fingerprint density at radius 2 is 2.22 bits per heavy atom. The molecule has 2 nitrogen and oxygen atoms in total. The third kappa shape index (κ3) is 3.36. The summed E-state index contributed by atoms with van der Waals surface area (Å²) in [6.07, 6.45) is 4.98. The predicted octanol–water partition coefficient (Wildman–Crippen LogP) is 3.93. The number of benzene rings is 1. The highest BCUT2D eigenvalue weighted by atomic mass is 35.5. The zero-order chi connectivity index (χ0) is 13.1. The van der Waals surface area contributed by atoms with Gasteiger partial charge in [0.05, 0.1) is 11.7 Å². The summed E-state index contributed by atoms with van der Waals surface area (Å²) in [5.41, 5.74) is 6.44. The fourth-order valence-electron chi connectivity index (χ4n) is 2.46. The van der Waals surface area contributed by atoms with Crippen LogP contribution < -0.4 is 10.5 Å². The molecule has 0 saturated heterocycles. The van der Waals surface area contributed by atoms with Crippen LogP contribution in [0.1, 0.15) is 38.2 Å². The molecule has 18 heavy (non-hydrogen) atoms. The molecule has 2 N–H and O–H groups in total. The number of rotatable bonds is 3. The van der Waals surface area contributed by atoms with E-state index in [-0.39, 0.29) is 6.10 Å². The SMILES string of the molecule is CC1CCCC(Oc2ccc(Cl)cc2C(N)=S)C1. The maximum Gasteiger partial charge on any atom is 0.129 e. The van der Waals surface area contributed by atoms with Crippen molar-refractivity contribution in [3.8, 4) is 5.75 Å². The second-order valence-corrected chi connectivity index (χ2v) is 5.89. The smallest absolute Gasteiger partial charge is 0.129 e. The minimum Gasteiger partial charge on any atom is -0.490 e. The second kappa shape index (κ2) is 5.89. The van der Waals surface area contributed by atoms with Crippen LogP contribution in [0, 0.1) is 5.92 Å². The largest absolute Gasteiger partial charge is 0.490 e. The molecule has 0 radical (unpaired) electrons. The van der Waals surface area contributed by atoms with Crippen molar-refractivity contribution in [2.45, 2.75) is 38.7 Å². The maximum atomic E-state index is 6.05. The van der Waals surface area contributed by atoms with E-state index in [1.54, 1.807) is 6.07 Å². The van der Waals surface area contributed by atoms with E-state index in [1.807, 2.05) is 12.1 Å². The monoisotopic (exact) mass is 283 g/mol. The number of ether oxygens (including phenoxy) is 1. The Kier molecular flexibility index (Phi) is 4.46. The van der Waals surface area contributed by atoms with Gasteiger partial charge in [-0.05, 0) is 43.4 Å². The third-order valence-corrected chi connectivity index (χ3v) is 3.84. The Hall–Kier alpha value is -0.800. The Bertz CT molecular complexity index is 449. The molecular weight excluding hydrogens is 266 g/mol. The lowest BCUT2D eigenvalue weighted by molar-refractivity contribution is 0.129. The first-order valence-corrected chi connectivity index (χ1v) is 7.11. The van der Waals surface area contributed by atoms with E-state index in [0.717, 1.165) is 30.1 Å². The van der Waals surface area contributed by atoms with Crippen molar-refractivity contribution >= 4 is 28.8 Å². The molecule has 1 aliphatic rings. The number of nitrogens with two attached hydrogens (primary N) is 1. The van der Waals surface area contributed by atoms with Crippen LogP contribution in [0.5, 0.6) is 5.75 Å². The van der Waals surface area contributed by atoms with Crippen LogP contribution in [0.3, 0.4) is 0 Å². The number of thiocarbonyl (C=S) groups is 1. The van der Waals surface area contributed by atoms with Gasteiger partial charge < -0.3 is 10.5 Å². The molecule has 0 spiro atoms. The van der Waals surface area contributed by atoms with Crippen LogP contribution in [0.15, 0.2) is 18.2 Å². The van der Waals surface area contributed by atoms with Gasteiger partial charge in [-0.1, -0.05) is 37.2 Å². The molecule has 0 aromatic heterocycles. The van der Waals surface area contributed by atoms with Gasteiger partial charge in [0.15, 0.2) is 0 Å². The van der Waals surface area contributed by atoms with E-state index in [9.17, 15) is 0 Å². The standard InChI is InChI=1S/C14H18ClNOS/c1-9-3-2-4-11(7-9)17-13-6-5-10(15)8-12(13)14(16)18/h5-6,8-9,11H,2-4,7H2,1H3,(H2,16,18). The van der Waals surface area contributed by atoms with Crippen molar-refractivity contribution in [2.24, 2.45) is 11.7 Å². The minimum absolute atomic E-state index is 0.267. The fraction of sp³-hybridized carbons (Fsp3) is 0.500. The van der Waals surface area contributed by atoms with Gasteiger partial charge in [-0.2, -0.15) is 0 Å². The lowest BCUT2D eigenvalue weighted by atomic mass is 9.88. The molecule has 1 aliphatic carbocycles. The van der Waals surface area contributed by atoms with Crippen molar-refractivity contribution in [3.05, 3.63) is 28.8 Å². The number of hydrogen-bond donors (Lipinski definition) is 1. The average Bonchev–Trinajstić information content (AvgIpc) is 2.31. The summed E-state index contributed by atoms with van der Waals surface area (Å²) in [6, 6.07) is 5.44. The number of hydrogen-bond acceptors (Lipinski definition) is 2. The van der Waals surface area contributed by atoms with Crippen molar-refractivity contribution in [1.82, 2.24) is 0 Å². The molecule has 0 bridgehead atoms. The van der Waals surface area contributed by atoms with Gasteiger partial charge in [0.25, 0.3) is 0 Å². The van der Waals surface area contributed by atoms with Gasteiger partial charge in [0, 0.05) is 5.02 Å². The molecule has 1 fully saturated rings. The van der Waals surface area contributed by atoms with Crippen LogP contribution in [0.25, 0.3) is 0 Å². The topological polar surface area (TPSA) is 35.2 Å². The number of halogens is 1. The molecule has 2 rings (SSSR count). The quantitative estimate of drug-likeness (QED) is 0.854. The van der Waals surface area contributed by atoms with Crippen LogP contribution in [0.2, 0.25) is 5.02 Å². The minimum atomic E-state index is 0.267. The molecule has 1 aromatic rings. The van der Waals surface area contributed by atoms with E-state index in [1.165, 1.54) is 12.8 Å². The van der Waals surface area contributed by atoms with Gasteiger partial charge in [-0.3, -0.25) is 0 Å². The lowest BCUT2D eigenvalue weighted by Gasteiger charge is -2.28. The molecule has 0 heterocycles. The zero-order valence-corrected chi connectivity index (χ0v) is 12.1. The molecule has 0 aliphatic heterocycles. The van der Waals surface area contributed by atoms with E-state index >= 15 is 0 Å². The van der Waals surface area contributed by atoms with E-state index in [2.05, 4.69) is 6.92 Å². The van der Waals surface area contributed by atoms with Gasteiger partial charge in [0.1, 0.15) is 10.7 Å². The van der Waals surface area contributed by atoms with Crippen molar-refractivity contribution in [3.63, 3.8) is 0 Å². The molecule has 2 unspecified atom stereocenters. The molecule has 2 atom stereocenters. The summed E-state index contributed by atoms with van der Waals surface area (Å²) < 4.78 is 6.05. The first-order valence-electron chi connectivity index (χ1n) is 6.32. The Morgan fingerprint density at radius 3 is 2.89 bits per heavy atom. The maximum absolute atomic E-state index is 6.05. The summed E-state index contributed by atoms with van der Waals surface area (Å²) in [5, 5.41) is 0.627. The zero-order valence-electron chi connectivity index (χ0n) is 10.5. The summed E-state index contributed by atoms with van der Waals surface area (Å²) in [7, 11) is 0. The summed E-state index contributed by atoms with van der Waals surface area (Å²) >= 11 is 11.0. The van der Waals surface area contributed by atoms with E-state index in [4.69, 9.17) is 34.3 Å². The van der Waals surface area contributed by atoms with Crippen LogP contribution in [-0.4, -0.2) is 11.1 Å². The molecule has 98 valence electrons. The van der Waals surface area contributed by atoms with Gasteiger partial charge in [-0.15, -0.1) is 0 Å². The Morgan fingerprint density at radius 1 is 1.44 bits per heavy atom. The lowest BCUT2D eigenvalue weighted by Crippen LogP contribution is -2.25. The summed E-state index contributed by atoms with van der Waals surface area (Å²) in [5.74, 6) is 1.48. The van der Waals surface area contributed by atoms with Crippen molar-refractivity contribution in [1.29, 1.82) is 0 Å². The van der Waals surface area contributed by atoms with Gasteiger partial charge in [-0.25, -0.2) is 0 Å². The van der Waals surface area contributed by atoms with E-state index < -0.39 is 0 Å². The van der Waals surface area contributed by atoms with Gasteiger partial charge >= 0.3 is 0 Å². The predicted molar refractivity (Wildman–Crippen MR) is 79.4 cm³/mol. The summed E-state index contributed by atoms with van der Waals surface area (Å²) in [4.78, 5) is 0.330.